The van der Waals surface area contributed by atoms with Crippen LogP contribution in [-0.2, 0) is 23.1 Å². The summed E-state index contributed by atoms with van der Waals surface area (Å²) < 4.78 is 29.6. The van der Waals surface area contributed by atoms with Crippen molar-refractivity contribution in [3.8, 4) is 0 Å². The summed E-state index contributed by atoms with van der Waals surface area (Å²) in [5, 5.41) is 0. The van der Waals surface area contributed by atoms with Gasteiger partial charge in [0, 0.05) is 12.1 Å². The summed E-state index contributed by atoms with van der Waals surface area (Å²) in [6, 6.07) is 14.7. The van der Waals surface area contributed by atoms with E-state index in [1.165, 1.54) is 29.7 Å². The van der Waals surface area contributed by atoms with Gasteiger partial charge in [0.25, 0.3) is 10.1 Å². The lowest BCUT2D eigenvalue weighted by Crippen LogP contribution is -2.45. The van der Waals surface area contributed by atoms with Crippen LogP contribution in [0.25, 0.3) is 0 Å². The summed E-state index contributed by atoms with van der Waals surface area (Å²) in [7, 11) is -1.82. The summed E-state index contributed by atoms with van der Waals surface area (Å²) in [4.78, 5) is 2.36. The molecule has 0 saturated carbocycles. The second-order valence-corrected chi connectivity index (χ2v) is 8.32. The first-order valence-corrected chi connectivity index (χ1v) is 9.36. The summed E-state index contributed by atoms with van der Waals surface area (Å²) >= 11 is 0. The Balaban J connectivity index is 0.000000177. The first kappa shape index (κ1) is 18.6. The van der Waals surface area contributed by atoms with Crippen molar-refractivity contribution >= 4 is 10.1 Å². The molecule has 130 valence electrons. The van der Waals surface area contributed by atoms with Crippen LogP contribution in [0.3, 0.4) is 0 Å². The van der Waals surface area contributed by atoms with E-state index in [4.69, 9.17) is 4.55 Å². The molecule has 2 aromatic carbocycles. The first-order chi connectivity index (χ1) is 11.1. The van der Waals surface area contributed by atoms with Crippen molar-refractivity contribution < 1.29 is 13.0 Å². The topological polar surface area (TPSA) is 57.6 Å². The van der Waals surface area contributed by atoms with Crippen LogP contribution in [0, 0.1) is 6.92 Å². The van der Waals surface area contributed by atoms with Crippen LogP contribution < -0.4 is 0 Å². The van der Waals surface area contributed by atoms with E-state index in [0.717, 1.165) is 12.1 Å². The van der Waals surface area contributed by atoms with E-state index < -0.39 is 10.1 Å². The maximum absolute atomic E-state index is 10.5. The monoisotopic (exact) mass is 347 g/mol. The standard InChI is InChI=1S/C12H17N.C7H8O3S/c1-12(2)8-10-6-4-5-7-11(10)9-13(12)3;1-6-2-4-7(5-3-6)11(8,9)10/h4-7H,8-9H2,1-3H3;2-5H,1H3,(H,8,9,10). The molecule has 0 spiro atoms. The van der Waals surface area contributed by atoms with Crippen molar-refractivity contribution in [3.63, 3.8) is 0 Å². The van der Waals surface area contributed by atoms with Crippen LogP contribution in [0.2, 0.25) is 0 Å². The molecule has 0 radical (unpaired) electrons. The van der Waals surface area contributed by atoms with E-state index >= 15 is 0 Å². The van der Waals surface area contributed by atoms with Gasteiger partial charge in [-0.05, 0) is 57.5 Å². The summed E-state index contributed by atoms with van der Waals surface area (Å²) in [5.41, 5.74) is 4.28. The average molecular weight is 347 g/mol. The van der Waals surface area contributed by atoms with E-state index in [1.807, 2.05) is 6.92 Å². The van der Waals surface area contributed by atoms with Crippen molar-refractivity contribution in [3.05, 3.63) is 65.2 Å². The minimum atomic E-state index is -4.02. The Bertz CT molecular complexity index is 796. The zero-order chi connectivity index (χ0) is 18.0. The maximum atomic E-state index is 10.5. The van der Waals surface area contributed by atoms with Crippen molar-refractivity contribution in [1.82, 2.24) is 4.90 Å². The van der Waals surface area contributed by atoms with Gasteiger partial charge in [0.05, 0.1) is 4.90 Å². The molecule has 24 heavy (non-hydrogen) atoms. The van der Waals surface area contributed by atoms with Crippen LogP contribution in [0.5, 0.6) is 0 Å². The fourth-order valence-electron chi connectivity index (χ4n) is 2.67. The lowest BCUT2D eigenvalue weighted by molar-refractivity contribution is 0.133. The molecule has 2 aromatic rings. The minimum Gasteiger partial charge on any atom is -0.297 e. The highest BCUT2D eigenvalue weighted by Gasteiger charge is 2.29. The Morgan fingerprint density at radius 1 is 1.00 bits per heavy atom. The number of rotatable bonds is 1. The van der Waals surface area contributed by atoms with Gasteiger partial charge in [-0.3, -0.25) is 9.45 Å². The molecule has 5 heteroatoms. The van der Waals surface area contributed by atoms with Crippen LogP contribution >= 0.6 is 0 Å². The largest absolute Gasteiger partial charge is 0.297 e. The van der Waals surface area contributed by atoms with Crippen LogP contribution in [-0.4, -0.2) is 30.5 Å². The van der Waals surface area contributed by atoms with Crippen molar-refractivity contribution in [1.29, 1.82) is 0 Å². The average Bonchev–Trinajstić information content (AvgIpc) is 2.48. The molecule has 0 atom stereocenters. The van der Waals surface area contributed by atoms with Crippen molar-refractivity contribution in [2.75, 3.05) is 7.05 Å². The number of hydrogen-bond acceptors (Lipinski definition) is 3. The molecule has 0 amide bonds. The highest BCUT2D eigenvalue weighted by Crippen LogP contribution is 2.28. The zero-order valence-corrected chi connectivity index (χ0v) is 15.5. The van der Waals surface area contributed by atoms with E-state index in [9.17, 15) is 8.42 Å². The van der Waals surface area contributed by atoms with E-state index in [0.29, 0.717) is 5.54 Å². The first-order valence-electron chi connectivity index (χ1n) is 7.92. The van der Waals surface area contributed by atoms with E-state index in [1.54, 1.807) is 12.1 Å². The quantitative estimate of drug-likeness (QED) is 0.799. The van der Waals surface area contributed by atoms with Gasteiger partial charge < -0.3 is 0 Å². The molecule has 4 nitrogen and oxygen atoms in total. The van der Waals surface area contributed by atoms with E-state index in [2.05, 4.69) is 50.1 Å². The highest BCUT2D eigenvalue weighted by atomic mass is 32.2. The number of hydrogen-bond donors (Lipinski definition) is 1. The minimum absolute atomic E-state index is 0.0666. The third-order valence-electron chi connectivity index (χ3n) is 4.50. The Labute approximate surface area is 144 Å². The lowest BCUT2D eigenvalue weighted by atomic mass is 9.86. The van der Waals surface area contributed by atoms with Gasteiger partial charge in [-0.2, -0.15) is 8.42 Å². The molecule has 1 heterocycles. The molecule has 0 fully saturated rings. The second kappa shape index (κ2) is 7.05. The number of fused-ring (bicyclic) bond motifs is 1. The molecule has 3 rings (SSSR count). The van der Waals surface area contributed by atoms with E-state index in [-0.39, 0.29) is 4.90 Å². The van der Waals surface area contributed by atoms with Crippen molar-refractivity contribution in [2.24, 2.45) is 0 Å². The molecule has 0 saturated heterocycles. The predicted octanol–water partition coefficient (Wildman–Crippen LogP) is 3.69. The molecule has 0 aromatic heterocycles. The van der Waals surface area contributed by atoms with Gasteiger partial charge >= 0.3 is 0 Å². The molecule has 0 bridgehead atoms. The normalized spacial score (nSPS) is 16.7. The Morgan fingerprint density at radius 3 is 2.08 bits per heavy atom. The molecule has 1 N–H and O–H groups in total. The van der Waals surface area contributed by atoms with Gasteiger partial charge in [0.1, 0.15) is 0 Å². The van der Waals surface area contributed by atoms with Gasteiger partial charge in [-0.1, -0.05) is 42.0 Å². The molecule has 0 unspecified atom stereocenters. The number of benzene rings is 2. The molecule has 0 aliphatic carbocycles. The predicted molar refractivity (Wildman–Crippen MR) is 96.7 cm³/mol. The van der Waals surface area contributed by atoms with Gasteiger partial charge in [0.15, 0.2) is 0 Å². The van der Waals surface area contributed by atoms with Crippen LogP contribution in [0.15, 0.2) is 53.4 Å². The Hall–Kier alpha value is -1.69. The fourth-order valence-corrected chi connectivity index (χ4v) is 3.15. The van der Waals surface area contributed by atoms with Gasteiger partial charge in [-0.15, -0.1) is 0 Å². The number of aryl methyl sites for hydroxylation is 1. The molecule has 1 aliphatic heterocycles. The summed E-state index contributed by atoms with van der Waals surface area (Å²) in [6.45, 7) is 7.54. The molecule has 1 aliphatic rings. The SMILES string of the molecule is CN1Cc2ccccc2CC1(C)C.Cc1ccc(S(=O)(=O)O)cc1. The third-order valence-corrected chi connectivity index (χ3v) is 5.37. The third kappa shape index (κ3) is 4.66. The lowest BCUT2D eigenvalue weighted by Gasteiger charge is -2.40. The number of nitrogens with zero attached hydrogens (tertiary/aromatic N) is 1. The maximum Gasteiger partial charge on any atom is 0.294 e. The smallest absolute Gasteiger partial charge is 0.294 e. The Morgan fingerprint density at radius 2 is 1.54 bits per heavy atom. The molecular weight excluding hydrogens is 322 g/mol. The van der Waals surface area contributed by atoms with Crippen LogP contribution in [0.4, 0.5) is 0 Å². The Kier molecular flexibility index (Phi) is 5.48. The van der Waals surface area contributed by atoms with Gasteiger partial charge in [-0.25, -0.2) is 0 Å². The fraction of sp³-hybridized carbons (Fsp3) is 0.368. The summed E-state index contributed by atoms with van der Waals surface area (Å²) in [5.74, 6) is 0. The highest BCUT2D eigenvalue weighted by molar-refractivity contribution is 7.85. The second-order valence-electron chi connectivity index (χ2n) is 6.90. The van der Waals surface area contributed by atoms with Crippen molar-refractivity contribution in [2.45, 2.75) is 44.2 Å². The molecular formula is C19H25NO3S. The summed E-state index contributed by atoms with van der Waals surface area (Å²) in [6.07, 6.45) is 1.17. The number of likely N-dealkylation sites (N-methyl/N-ethyl adjacent to an activating group) is 1. The van der Waals surface area contributed by atoms with Gasteiger partial charge in [0.2, 0.25) is 0 Å². The zero-order valence-electron chi connectivity index (χ0n) is 14.7. The van der Waals surface area contributed by atoms with Crippen LogP contribution in [0.1, 0.15) is 30.5 Å².